The zero-order chi connectivity index (χ0) is 25.2. The lowest BCUT2D eigenvalue weighted by Crippen LogP contribution is -2.50. The summed E-state index contributed by atoms with van der Waals surface area (Å²) >= 11 is 0. The molecule has 0 saturated carbocycles. The average molecular weight is 507 g/mol. The van der Waals surface area contributed by atoms with E-state index >= 15 is 0 Å². The number of aliphatic hydroxyl groups is 1. The second-order valence-electron chi connectivity index (χ2n) is 10.1. The van der Waals surface area contributed by atoms with Gasteiger partial charge in [0.1, 0.15) is 16.7 Å². The predicted molar refractivity (Wildman–Crippen MR) is 133 cm³/mol. The fourth-order valence-corrected chi connectivity index (χ4v) is 7.02. The molecule has 8 nitrogen and oxygen atoms in total. The van der Waals surface area contributed by atoms with Gasteiger partial charge in [0, 0.05) is 44.7 Å². The number of allylic oxidation sites excluding steroid dienone is 2. The normalized spacial score (nSPS) is 26.1. The number of hydrogen-bond acceptors (Lipinski definition) is 6. The van der Waals surface area contributed by atoms with Crippen molar-refractivity contribution in [2.75, 3.05) is 40.0 Å². The van der Waals surface area contributed by atoms with Crippen molar-refractivity contribution in [3.05, 3.63) is 29.8 Å². The van der Waals surface area contributed by atoms with Crippen LogP contribution in [0.4, 0.5) is 0 Å². The van der Waals surface area contributed by atoms with Gasteiger partial charge in [-0.15, -0.1) is 0 Å². The summed E-state index contributed by atoms with van der Waals surface area (Å²) in [6.07, 6.45) is 6.29. The third-order valence-corrected chi connectivity index (χ3v) is 9.50. The van der Waals surface area contributed by atoms with Crippen LogP contribution >= 0.6 is 0 Å². The second-order valence-corrected chi connectivity index (χ2v) is 12.0. The van der Waals surface area contributed by atoms with Crippen LogP contribution in [-0.2, 0) is 19.6 Å². The van der Waals surface area contributed by atoms with Crippen LogP contribution in [0.1, 0.15) is 51.5 Å². The van der Waals surface area contributed by atoms with E-state index in [0.29, 0.717) is 38.3 Å². The Morgan fingerprint density at radius 3 is 2.69 bits per heavy atom. The number of aliphatic hydroxyl groups excluding tert-OH is 1. The molecule has 3 aliphatic rings. The molecule has 194 valence electrons. The first-order chi connectivity index (χ1) is 16.7. The minimum Gasteiger partial charge on any atom is -0.487 e. The van der Waals surface area contributed by atoms with Crippen molar-refractivity contribution in [1.82, 2.24) is 9.21 Å². The molecular formula is C26H38N2O6S. The number of hydrogen-bond donors (Lipinski definition) is 1. The summed E-state index contributed by atoms with van der Waals surface area (Å²) in [4.78, 5) is 14.9. The van der Waals surface area contributed by atoms with Crippen LogP contribution < -0.4 is 4.74 Å². The summed E-state index contributed by atoms with van der Waals surface area (Å²) < 4.78 is 40.5. The van der Waals surface area contributed by atoms with E-state index in [2.05, 4.69) is 6.08 Å². The molecule has 35 heavy (non-hydrogen) atoms. The Balaban J connectivity index is 1.67. The largest absolute Gasteiger partial charge is 0.487 e. The minimum absolute atomic E-state index is 0.0582. The summed E-state index contributed by atoms with van der Waals surface area (Å²) in [6, 6.07) is 4.73. The molecule has 0 bridgehead atoms. The average Bonchev–Trinajstić information content (AvgIpc) is 3.40. The van der Waals surface area contributed by atoms with Crippen molar-refractivity contribution in [2.24, 2.45) is 11.8 Å². The van der Waals surface area contributed by atoms with Crippen LogP contribution in [0.15, 0.2) is 29.2 Å². The first-order valence-electron chi connectivity index (χ1n) is 12.7. The molecule has 0 aromatic heterocycles. The summed E-state index contributed by atoms with van der Waals surface area (Å²) in [7, 11) is -2.09. The number of sulfonamides is 1. The molecule has 4 rings (SSSR count). The Morgan fingerprint density at radius 2 is 2.03 bits per heavy atom. The van der Waals surface area contributed by atoms with E-state index in [1.165, 1.54) is 9.88 Å². The third kappa shape index (κ3) is 5.58. The number of likely N-dealkylation sites (N-methyl/N-ethyl adjacent to an activating group) is 1. The molecule has 9 heteroatoms. The fourth-order valence-electron chi connectivity index (χ4n) is 5.19. The smallest absolute Gasteiger partial charge is 0.247 e. The zero-order valence-electron chi connectivity index (χ0n) is 21.0. The van der Waals surface area contributed by atoms with Crippen LogP contribution in [0.5, 0.6) is 5.75 Å². The van der Waals surface area contributed by atoms with Crippen molar-refractivity contribution in [2.45, 2.75) is 63.0 Å². The molecule has 3 atom stereocenters. The third-order valence-electron chi connectivity index (χ3n) is 7.48. The Bertz CT molecular complexity index is 1050. The van der Waals surface area contributed by atoms with E-state index in [-0.39, 0.29) is 35.8 Å². The highest BCUT2D eigenvalue weighted by Gasteiger charge is 2.39. The number of nitrogens with zero attached hydrogens (tertiary/aromatic N) is 2. The van der Waals surface area contributed by atoms with Crippen molar-refractivity contribution >= 4 is 21.5 Å². The van der Waals surface area contributed by atoms with E-state index in [9.17, 15) is 18.3 Å². The van der Waals surface area contributed by atoms with Gasteiger partial charge >= 0.3 is 0 Å². The Kier molecular flexibility index (Phi) is 8.20. The van der Waals surface area contributed by atoms with Gasteiger partial charge in [-0.2, -0.15) is 4.31 Å². The molecule has 0 unspecified atom stereocenters. The minimum atomic E-state index is -3.88. The lowest BCUT2D eigenvalue weighted by atomic mass is 9.97. The molecule has 2 aliphatic heterocycles. The molecule has 1 N–H and O–H groups in total. The molecule has 1 aliphatic carbocycles. The quantitative estimate of drug-likeness (QED) is 0.637. The first kappa shape index (κ1) is 26.1. The zero-order valence-corrected chi connectivity index (χ0v) is 21.8. The molecule has 0 radical (unpaired) electrons. The number of carbonyl (C=O) groups is 1. The van der Waals surface area contributed by atoms with Gasteiger partial charge < -0.3 is 19.5 Å². The topological polar surface area (TPSA) is 96.4 Å². The summed E-state index contributed by atoms with van der Waals surface area (Å²) in [5.74, 6) is 0.127. The van der Waals surface area contributed by atoms with Crippen LogP contribution in [0.25, 0.3) is 5.57 Å². The maximum atomic E-state index is 13.6. The van der Waals surface area contributed by atoms with Crippen LogP contribution in [0, 0.1) is 11.8 Å². The van der Waals surface area contributed by atoms with Gasteiger partial charge in [0.05, 0.1) is 13.2 Å². The van der Waals surface area contributed by atoms with Crippen molar-refractivity contribution < 1.29 is 27.8 Å². The van der Waals surface area contributed by atoms with Gasteiger partial charge in [-0.1, -0.05) is 19.1 Å². The fraction of sp³-hybridized carbons (Fsp3) is 0.654. The molecule has 1 amide bonds. The molecule has 1 fully saturated rings. The van der Waals surface area contributed by atoms with E-state index in [1.807, 2.05) is 19.1 Å². The van der Waals surface area contributed by atoms with Gasteiger partial charge in [-0.05, 0) is 62.3 Å². The molecule has 1 aromatic rings. The highest BCUT2D eigenvalue weighted by atomic mass is 32.2. The van der Waals surface area contributed by atoms with Crippen LogP contribution in [0.2, 0.25) is 0 Å². The number of carbonyl (C=O) groups excluding carboxylic acids is 1. The standard InChI is InChI=1S/C26H38N2O6S/c1-18-15-28(19(2)17-29)35(31,32)25-9-8-22(20-6-4-5-7-20)14-23(25)34-24(18)16-27(3)26(30)21-10-12-33-13-11-21/h6,8-9,14,18-19,21,24,29H,4-5,7,10-13,15-17H2,1-3H3/t18-,19+,24-/m0/s1. The first-order valence-corrected chi connectivity index (χ1v) is 14.1. The van der Waals surface area contributed by atoms with Gasteiger partial charge in [-0.3, -0.25) is 4.79 Å². The lowest BCUT2D eigenvalue weighted by molar-refractivity contribution is -0.138. The Labute approximate surface area is 208 Å². The highest BCUT2D eigenvalue weighted by molar-refractivity contribution is 7.89. The molecule has 1 aromatic carbocycles. The lowest BCUT2D eigenvalue weighted by Gasteiger charge is -2.38. The highest BCUT2D eigenvalue weighted by Crippen LogP contribution is 2.37. The van der Waals surface area contributed by atoms with E-state index in [1.54, 1.807) is 24.9 Å². The number of ether oxygens (including phenoxy) is 2. The maximum absolute atomic E-state index is 13.6. The molecule has 2 heterocycles. The van der Waals surface area contributed by atoms with E-state index in [0.717, 1.165) is 24.8 Å². The number of amides is 1. The number of rotatable bonds is 6. The van der Waals surface area contributed by atoms with E-state index in [4.69, 9.17) is 9.47 Å². The SMILES string of the molecule is C[C@H](CO)N1C[C@H](C)[C@H](CN(C)C(=O)C2CCOCC2)Oc2cc(C3=CCCC3)ccc2S1(=O)=O. The van der Waals surface area contributed by atoms with Crippen molar-refractivity contribution in [3.8, 4) is 5.75 Å². The number of benzene rings is 1. The monoisotopic (exact) mass is 506 g/mol. The van der Waals surface area contributed by atoms with Gasteiger partial charge in [0.2, 0.25) is 15.9 Å². The Morgan fingerprint density at radius 1 is 1.29 bits per heavy atom. The van der Waals surface area contributed by atoms with Gasteiger partial charge in [0.15, 0.2) is 0 Å². The van der Waals surface area contributed by atoms with Crippen molar-refractivity contribution in [1.29, 1.82) is 0 Å². The molecular weight excluding hydrogens is 468 g/mol. The second kappa shape index (κ2) is 11.0. The number of fused-ring (bicyclic) bond motifs is 1. The maximum Gasteiger partial charge on any atom is 0.247 e. The summed E-state index contributed by atoms with van der Waals surface area (Å²) in [5, 5.41) is 9.82. The van der Waals surface area contributed by atoms with Gasteiger partial charge in [-0.25, -0.2) is 8.42 Å². The van der Waals surface area contributed by atoms with E-state index < -0.39 is 22.2 Å². The molecule has 1 saturated heterocycles. The van der Waals surface area contributed by atoms with Crippen LogP contribution in [-0.4, -0.2) is 80.7 Å². The predicted octanol–water partition coefficient (Wildman–Crippen LogP) is 2.91. The van der Waals surface area contributed by atoms with Crippen LogP contribution in [0.3, 0.4) is 0 Å². The van der Waals surface area contributed by atoms with Gasteiger partial charge in [0.25, 0.3) is 0 Å². The molecule has 0 spiro atoms. The summed E-state index contributed by atoms with van der Waals surface area (Å²) in [5.41, 5.74) is 2.17. The summed E-state index contributed by atoms with van der Waals surface area (Å²) in [6.45, 7) is 5.11. The van der Waals surface area contributed by atoms with Crippen molar-refractivity contribution in [3.63, 3.8) is 0 Å². The Hall–Kier alpha value is -1.94.